The monoisotopic (exact) mass is 366 g/mol. The predicted octanol–water partition coefficient (Wildman–Crippen LogP) is 1.75. The number of nitrogens with one attached hydrogen (secondary N) is 1. The molecule has 1 unspecified atom stereocenters. The molecule has 1 atom stereocenters. The van der Waals surface area contributed by atoms with Crippen LogP contribution in [0, 0.1) is 0 Å². The first-order valence-corrected chi connectivity index (χ1v) is 8.89. The predicted molar refractivity (Wildman–Crippen MR) is 89.4 cm³/mol. The van der Waals surface area contributed by atoms with Gasteiger partial charge in [-0.1, -0.05) is 11.6 Å². The van der Waals surface area contributed by atoms with Crippen LogP contribution in [0.1, 0.15) is 12.8 Å². The summed E-state index contributed by atoms with van der Waals surface area (Å²) in [6, 6.07) is 6.11. The van der Waals surface area contributed by atoms with Crippen LogP contribution in [-0.2, 0) is 14.6 Å². The van der Waals surface area contributed by atoms with Crippen LogP contribution in [0.4, 0.5) is 0 Å². The molecule has 0 bridgehead atoms. The molecule has 1 heterocycles. The number of likely N-dealkylation sites (N-methyl/N-ethyl adjacent to an activating group) is 1. The van der Waals surface area contributed by atoms with E-state index >= 15 is 0 Å². The van der Waals surface area contributed by atoms with Crippen LogP contribution in [-0.4, -0.2) is 51.2 Å². The maximum atomic E-state index is 12.2. The first kappa shape index (κ1) is 19.2. The third-order valence-electron chi connectivity index (χ3n) is 3.67. The maximum Gasteiger partial charge on any atom is 0.238 e. The second-order valence-corrected chi connectivity index (χ2v) is 7.61. The van der Waals surface area contributed by atoms with Crippen LogP contribution >= 0.6 is 24.0 Å². The van der Waals surface area contributed by atoms with E-state index in [-0.39, 0.29) is 29.3 Å². The lowest BCUT2D eigenvalue weighted by Gasteiger charge is -2.32. The molecule has 1 aromatic rings. The molecule has 1 saturated heterocycles. The first-order valence-electron chi connectivity index (χ1n) is 6.86. The summed E-state index contributed by atoms with van der Waals surface area (Å²) in [6.45, 7) is 1.18. The zero-order valence-corrected chi connectivity index (χ0v) is 14.7. The second-order valence-electron chi connectivity index (χ2n) is 5.18. The minimum Gasteiger partial charge on any atom is -0.340 e. The number of rotatable bonds is 4. The van der Waals surface area contributed by atoms with Crippen molar-refractivity contribution in [2.75, 3.05) is 25.9 Å². The highest BCUT2D eigenvalue weighted by Gasteiger charge is 2.27. The largest absolute Gasteiger partial charge is 0.340 e. The lowest BCUT2D eigenvalue weighted by atomic mass is 10.1. The van der Waals surface area contributed by atoms with Gasteiger partial charge in [0.2, 0.25) is 5.91 Å². The molecule has 0 aromatic heterocycles. The van der Waals surface area contributed by atoms with Gasteiger partial charge < -0.3 is 10.2 Å². The highest BCUT2D eigenvalue weighted by Crippen LogP contribution is 2.17. The molecule has 22 heavy (non-hydrogen) atoms. The van der Waals surface area contributed by atoms with E-state index in [2.05, 4.69) is 5.32 Å². The zero-order chi connectivity index (χ0) is 15.5. The van der Waals surface area contributed by atoms with E-state index in [9.17, 15) is 13.2 Å². The van der Waals surface area contributed by atoms with Crippen molar-refractivity contribution < 1.29 is 13.2 Å². The van der Waals surface area contributed by atoms with Gasteiger partial charge in [0.15, 0.2) is 9.84 Å². The van der Waals surface area contributed by atoms with Crippen LogP contribution in [0.25, 0.3) is 0 Å². The summed E-state index contributed by atoms with van der Waals surface area (Å²) in [6.07, 6.45) is 1.89. The fraction of sp³-hybridized carbons (Fsp3) is 0.500. The third-order valence-corrected chi connectivity index (χ3v) is 5.54. The summed E-state index contributed by atoms with van der Waals surface area (Å²) >= 11 is 5.74. The van der Waals surface area contributed by atoms with Gasteiger partial charge in [0, 0.05) is 24.2 Å². The van der Waals surface area contributed by atoms with Crippen molar-refractivity contribution in [1.82, 2.24) is 10.2 Å². The third kappa shape index (κ3) is 4.84. The molecule has 0 aliphatic carbocycles. The quantitative estimate of drug-likeness (QED) is 0.881. The van der Waals surface area contributed by atoms with Gasteiger partial charge in [-0.25, -0.2) is 8.42 Å². The van der Waals surface area contributed by atoms with Crippen molar-refractivity contribution in [2.24, 2.45) is 0 Å². The molecule has 1 fully saturated rings. The molecule has 1 N–H and O–H groups in total. The Morgan fingerprint density at radius 3 is 2.59 bits per heavy atom. The van der Waals surface area contributed by atoms with Crippen molar-refractivity contribution in [2.45, 2.75) is 23.8 Å². The van der Waals surface area contributed by atoms with E-state index in [0.29, 0.717) is 18.1 Å². The normalized spacial score (nSPS) is 18.6. The molecule has 0 spiro atoms. The summed E-state index contributed by atoms with van der Waals surface area (Å²) in [7, 11) is -1.77. The van der Waals surface area contributed by atoms with Gasteiger partial charge in [0.25, 0.3) is 0 Å². The second kappa shape index (κ2) is 8.15. The summed E-state index contributed by atoms with van der Waals surface area (Å²) < 4.78 is 24.5. The van der Waals surface area contributed by atoms with Crippen molar-refractivity contribution in [3.63, 3.8) is 0 Å². The van der Waals surface area contributed by atoms with Crippen molar-refractivity contribution in [3.8, 4) is 0 Å². The number of likely N-dealkylation sites (tertiary alicyclic amines) is 1. The average Bonchev–Trinajstić information content (AvgIpc) is 2.47. The van der Waals surface area contributed by atoms with Crippen LogP contribution < -0.4 is 5.32 Å². The molecule has 1 aromatic carbocycles. The Hall–Kier alpha value is -0.820. The molecule has 124 valence electrons. The van der Waals surface area contributed by atoms with Crippen LogP contribution in [0.15, 0.2) is 29.2 Å². The van der Waals surface area contributed by atoms with Gasteiger partial charge in [-0.3, -0.25) is 4.79 Å². The SMILES string of the molecule is CNC1CCCN(C(=O)CS(=O)(=O)c2ccc(Cl)cc2)C1.Cl. The van der Waals surface area contributed by atoms with E-state index in [0.717, 1.165) is 12.8 Å². The van der Waals surface area contributed by atoms with Gasteiger partial charge in [0.05, 0.1) is 4.90 Å². The number of amides is 1. The lowest BCUT2D eigenvalue weighted by molar-refractivity contribution is -0.129. The number of piperidine rings is 1. The first-order chi connectivity index (χ1) is 9.92. The summed E-state index contributed by atoms with van der Waals surface area (Å²) in [5, 5.41) is 3.60. The molecular weight excluding hydrogens is 347 g/mol. The average molecular weight is 367 g/mol. The summed E-state index contributed by atoms with van der Waals surface area (Å²) in [5.41, 5.74) is 0. The Kier molecular flexibility index (Phi) is 7.12. The number of halogens is 2. The van der Waals surface area contributed by atoms with Crippen molar-refractivity contribution >= 4 is 39.8 Å². The Balaban J connectivity index is 0.00000242. The number of carbonyl (C=O) groups is 1. The van der Waals surface area contributed by atoms with E-state index in [4.69, 9.17) is 11.6 Å². The van der Waals surface area contributed by atoms with Gasteiger partial charge in [-0.15, -0.1) is 12.4 Å². The minimum absolute atomic E-state index is 0. The Labute approximate surface area is 142 Å². The van der Waals surface area contributed by atoms with E-state index in [1.807, 2.05) is 7.05 Å². The van der Waals surface area contributed by atoms with E-state index in [1.165, 1.54) is 24.3 Å². The van der Waals surface area contributed by atoms with E-state index in [1.54, 1.807) is 4.90 Å². The molecule has 8 heteroatoms. The fourth-order valence-corrected chi connectivity index (χ4v) is 3.77. The molecule has 1 aliphatic rings. The number of benzene rings is 1. The Morgan fingerprint density at radius 1 is 1.36 bits per heavy atom. The molecule has 1 amide bonds. The topological polar surface area (TPSA) is 66.5 Å². The maximum absolute atomic E-state index is 12.2. The fourth-order valence-electron chi connectivity index (χ4n) is 2.42. The molecule has 5 nitrogen and oxygen atoms in total. The number of carbonyl (C=O) groups excluding carboxylic acids is 1. The van der Waals surface area contributed by atoms with Gasteiger partial charge in [-0.2, -0.15) is 0 Å². The van der Waals surface area contributed by atoms with Crippen LogP contribution in [0.2, 0.25) is 5.02 Å². The zero-order valence-electron chi connectivity index (χ0n) is 12.3. The molecule has 1 aliphatic heterocycles. The minimum atomic E-state index is -3.62. The highest BCUT2D eigenvalue weighted by atomic mass is 35.5. The summed E-state index contributed by atoms with van der Waals surface area (Å²) in [5.74, 6) is -0.838. The molecular formula is C14H20Cl2N2O3S. The van der Waals surface area contributed by atoms with Gasteiger partial charge in [-0.05, 0) is 44.2 Å². The van der Waals surface area contributed by atoms with Crippen molar-refractivity contribution in [3.05, 3.63) is 29.3 Å². The number of sulfone groups is 1. The lowest BCUT2D eigenvalue weighted by Crippen LogP contribution is -2.48. The van der Waals surface area contributed by atoms with Crippen LogP contribution in [0.3, 0.4) is 0 Å². The molecule has 0 saturated carbocycles. The Morgan fingerprint density at radius 2 is 2.00 bits per heavy atom. The van der Waals surface area contributed by atoms with Gasteiger partial charge in [0.1, 0.15) is 5.75 Å². The number of nitrogens with zero attached hydrogens (tertiary/aromatic N) is 1. The highest BCUT2D eigenvalue weighted by molar-refractivity contribution is 7.92. The van der Waals surface area contributed by atoms with Crippen LogP contribution in [0.5, 0.6) is 0 Å². The van der Waals surface area contributed by atoms with E-state index < -0.39 is 15.6 Å². The molecule has 0 radical (unpaired) electrons. The smallest absolute Gasteiger partial charge is 0.238 e. The number of hydrogen-bond acceptors (Lipinski definition) is 4. The van der Waals surface area contributed by atoms with Crippen molar-refractivity contribution in [1.29, 1.82) is 0 Å². The molecule has 2 rings (SSSR count). The van der Waals surface area contributed by atoms with Gasteiger partial charge >= 0.3 is 0 Å². The standard InChI is InChI=1S/C14H19ClN2O3S.ClH/c1-16-12-3-2-8-17(9-12)14(18)10-21(19,20)13-6-4-11(15)5-7-13;/h4-7,12,16H,2-3,8-10H2,1H3;1H. The number of hydrogen-bond donors (Lipinski definition) is 1. The Bertz CT molecular complexity index is 605. The summed E-state index contributed by atoms with van der Waals surface area (Å²) in [4.78, 5) is 14.0.